The molecule has 0 saturated carbocycles. The summed E-state index contributed by atoms with van der Waals surface area (Å²) in [6, 6.07) is 9.54. The molecule has 1 fully saturated rings. The van der Waals surface area contributed by atoms with Crippen LogP contribution in [0.3, 0.4) is 0 Å². The average Bonchev–Trinajstić information content (AvgIpc) is 2.63. The van der Waals surface area contributed by atoms with E-state index in [4.69, 9.17) is 4.74 Å². The van der Waals surface area contributed by atoms with Crippen LogP contribution in [-0.2, 0) is 20.7 Å². The highest BCUT2D eigenvalue weighted by Crippen LogP contribution is 2.24. The fourth-order valence-corrected chi connectivity index (χ4v) is 3.34. The summed E-state index contributed by atoms with van der Waals surface area (Å²) in [5.74, 6) is -1.57. The number of carbonyl (C=O) groups excluding carboxylic acids is 1. The van der Waals surface area contributed by atoms with Crippen LogP contribution in [0.2, 0.25) is 0 Å². The van der Waals surface area contributed by atoms with Crippen molar-refractivity contribution >= 4 is 22.8 Å². The van der Waals surface area contributed by atoms with Gasteiger partial charge in [-0.2, -0.15) is 0 Å². The lowest BCUT2D eigenvalue weighted by atomic mass is 9.86. The number of aliphatic carboxylic acids is 1. The lowest BCUT2D eigenvalue weighted by molar-refractivity contribution is -0.144. The van der Waals surface area contributed by atoms with E-state index in [0.29, 0.717) is 13.2 Å². The molecule has 2 aromatic rings. The number of nitrogens with zero attached hydrogens (tertiary/aromatic N) is 1. The Bertz CT molecular complexity index is 751. The van der Waals surface area contributed by atoms with Crippen LogP contribution < -0.4 is 5.32 Å². The maximum Gasteiger partial charge on any atom is 0.308 e. The van der Waals surface area contributed by atoms with Crippen LogP contribution in [0.4, 0.5) is 0 Å². The average molecular weight is 342 g/mol. The van der Waals surface area contributed by atoms with Crippen molar-refractivity contribution in [2.75, 3.05) is 19.8 Å². The summed E-state index contributed by atoms with van der Waals surface area (Å²) in [6.45, 7) is 1.32. The van der Waals surface area contributed by atoms with Gasteiger partial charge in [0.05, 0.1) is 17.9 Å². The number of nitrogens with one attached hydrogen (secondary N) is 1. The van der Waals surface area contributed by atoms with Crippen molar-refractivity contribution in [2.45, 2.75) is 19.3 Å². The van der Waals surface area contributed by atoms with Crippen molar-refractivity contribution in [2.24, 2.45) is 11.8 Å². The van der Waals surface area contributed by atoms with Crippen molar-refractivity contribution in [1.82, 2.24) is 10.3 Å². The first-order valence-corrected chi connectivity index (χ1v) is 8.55. The molecule has 0 radical (unpaired) electrons. The van der Waals surface area contributed by atoms with Crippen LogP contribution in [0.15, 0.2) is 36.5 Å². The van der Waals surface area contributed by atoms with Crippen molar-refractivity contribution in [1.29, 1.82) is 0 Å². The summed E-state index contributed by atoms with van der Waals surface area (Å²) in [5, 5.41) is 13.2. The largest absolute Gasteiger partial charge is 0.481 e. The highest BCUT2D eigenvalue weighted by molar-refractivity contribution is 5.87. The number of benzene rings is 1. The van der Waals surface area contributed by atoms with Gasteiger partial charge in [0, 0.05) is 31.3 Å². The topological polar surface area (TPSA) is 88.5 Å². The molecule has 25 heavy (non-hydrogen) atoms. The van der Waals surface area contributed by atoms with E-state index < -0.39 is 11.9 Å². The van der Waals surface area contributed by atoms with Gasteiger partial charge < -0.3 is 15.2 Å². The van der Waals surface area contributed by atoms with Gasteiger partial charge in [0.2, 0.25) is 5.91 Å². The zero-order chi connectivity index (χ0) is 17.6. The lowest BCUT2D eigenvalue weighted by Gasteiger charge is -2.27. The van der Waals surface area contributed by atoms with Crippen LogP contribution in [0.5, 0.6) is 0 Å². The van der Waals surface area contributed by atoms with Crippen LogP contribution in [0.25, 0.3) is 10.9 Å². The molecule has 1 aliphatic rings. The number of amides is 1. The van der Waals surface area contributed by atoms with Gasteiger partial charge in [0.15, 0.2) is 0 Å². The molecule has 2 N–H and O–H groups in total. The number of carboxylic acid groups (broad SMARTS) is 1. The second kappa shape index (κ2) is 8.07. The first-order chi connectivity index (χ1) is 12.1. The van der Waals surface area contributed by atoms with E-state index >= 15 is 0 Å². The molecule has 0 spiro atoms. The van der Waals surface area contributed by atoms with Crippen LogP contribution in [-0.4, -0.2) is 41.7 Å². The van der Waals surface area contributed by atoms with E-state index in [1.807, 2.05) is 30.3 Å². The van der Waals surface area contributed by atoms with Crippen LogP contribution >= 0.6 is 0 Å². The molecule has 1 unspecified atom stereocenters. The molecular formula is C19H22N2O4. The Morgan fingerprint density at radius 1 is 1.24 bits per heavy atom. The maximum atomic E-state index is 12.3. The molecule has 1 aromatic heterocycles. The zero-order valence-corrected chi connectivity index (χ0v) is 14.0. The quantitative estimate of drug-likeness (QED) is 0.838. The second-order valence-corrected chi connectivity index (χ2v) is 6.37. The molecule has 3 rings (SSSR count). The van der Waals surface area contributed by atoms with E-state index in [-0.39, 0.29) is 24.8 Å². The van der Waals surface area contributed by atoms with Crippen molar-refractivity contribution < 1.29 is 19.4 Å². The number of carbonyl (C=O) groups is 2. The monoisotopic (exact) mass is 342 g/mol. The minimum Gasteiger partial charge on any atom is -0.481 e. The van der Waals surface area contributed by atoms with Crippen LogP contribution in [0.1, 0.15) is 18.4 Å². The number of hydrogen-bond donors (Lipinski definition) is 2. The minimum atomic E-state index is -0.862. The summed E-state index contributed by atoms with van der Waals surface area (Å²) in [4.78, 5) is 28.2. The van der Waals surface area contributed by atoms with Crippen LogP contribution in [0, 0.1) is 11.8 Å². The number of ether oxygens (including phenoxy) is 1. The van der Waals surface area contributed by atoms with E-state index in [1.54, 1.807) is 6.20 Å². The lowest BCUT2D eigenvalue weighted by Crippen LogP contribution is -2.39. The molecule has 2 heterocycles. The van der Waals surface area contributed by atoms with Crippen molar-refractivity contribution in [3.8, 4) is 0 Å². The predicted octanol–water partition coefficient (Wildman–Crippen LogP) is 2.02. The molecule has 1 atom stereocenters. The number of hydrogen-bond acceptors (Lipinski definition) is 4. The summed E-state index contributed by atoms with van der Waals surface area (Å²) in [6.07, 6.45) is 3.34. The van der Waals surface area contributed by atoms with E-state index in [2.05, 4.69) is 10.3 Å². The van der Waals surface area contributed by atoms with Gasteiger partial charge in [0.25, 0.3) is 0 Å². The summed E-state index contributed by atoms with van der Waals surface area (Å²) in [7, 11) is 0. The third kappa shape index (κ3) is 4.33. The molecule has 1 aromatic carbocycles. The highest BCUT2D eigenvalue weighted by atomic mass is 16.5. The Balaban J connectivity index is 1.62. The van der Waals surface area contributed by atoms with Gasteiger partial charge in [-0.25, -0.2) is 0 Å². The Labute approximate surface area is 146 Å². The van der Waals surface area contributed by atoms with E-state index in [9.17, 15) is 14.7 Å². The minimum absolute atomic E-state index is 0.0470. The molecule has 0 aliphatic carbocycles. The Kier molecular flexibility index (Phi) is 5.60. The van der Waals surface area contributed by atoms with Gasteiger partial charge in [-0.1, -0.05) is 24.3 Å². The van der Waals surface area contributed by atoms with Gasteiger partial charge >= 0.3 is 5.97 Å². The van der Waals surface area contributed by atoms with Gasteiger partial charge in [-0.05, 0) is 30.4 Å². The normalized spacial score (nSPS) is 16.5. The molecular weight excluding hydrogens is 320 g/mol. The molecule has 0 bridgehead atoms. The number of fused-ring (bicyclic) bond motifs is 1. The summed E-state index contributed by atoms with van der Waals surface area (Å²) >= 11 is 0. The smallest absolute Gasteiger partial charge is 0.308 e. The summed E-state index contributed by atoms with van der Waals surface area (Å²) < 4.78 is 5.29. The zero-order valence-electron chi connectivity index (χ0n) is 14.0. The van der Waals surface area contributed by atoms with E-state index in [1.165, 1.54) is 0 Å². The Hall–Kier alpha value is -2.47. The van der Waals surface area contributed by atoms with Crippen molar-refractivity contribution in [3.05, 3.63) is 42.1 Å². The number of rotatable bonds is 6. The Morgan fingerprint density at radius 2 is 2.00 bits per heavy atom. The Morgan fingerprint density at radius 3 is 2.76 bits per heavy atom. The third-order valence-electron chi connectivity index (χ3n) is 4.74. The fourth-order valence-electron chi connectivity index (χ4n) is 3.34. The standard InChI is InChI=1S/C19H22N2O4/c22-17(11-15-4-1-3-14-5-2-8-20-18(14)15)21-12-16(19(23)24)13-6-9-25-10-7-13/h1-5,8,13,16H,6-7,9-12H2,(H,21,22)(H,23,24). The maximum absolute atomic E-state index is 12.3. The molecule has 1 aliphatic heterocycles. The molecule has 6 heteroatoms. The molecule has 1 saturated heterocycles. The first kappa shape index (κ1) is 17.4. The predicted molar refractivity (Wildman–Crippen MR) is 93.1 cm³/mol. The number of aromatic nitrogens is 1. The van der Waals surface area contributed by atoms with E-state index in [0.717, 1.165) is 29.3 Å². The van der Waals surface area contributed by atoms with Gasteiger partial charge in [-0.3, -0.25) is 14.6 Å². The number of pyridine rings is 1. The molecule has 132 valence electrons. The summed E-state index contributed by atoms with van der Waals surface area (Å²) in [5.41, 5.74) is 1.65. The van der Waals surface area contributed by atoms with Gasteiger partial charge in [0.1, 0.15) is 0 Å². The third-order valence-corrected chi connectivity index (χ3v) is 4.74. The molecule has 6 nitrogen and oxygen atoms in total. The molecule has 1 amide bonds. The van der Waals surface area contributed by atoms with Crippen molar-refractivity contribution in [3.63, 3.8) is 0 Å². The highest BCUT2D eigenvalue weighted by Gasteiger charge is 2.30. The fraction of sp³-hybridized carbons (Fsp3) is 0.421. The number of carboxylic acids is 1. The first-order valence-electron chi connectivity index (χ1n) is 8.55. The SMILES string of the molecule is O=C(Cc1cccc2cccnc12)NCC(C(=O)O)C1CCOCC1. The van der Waals surface area contributed by atoms with Gasteiger partial charge in [-0.15, -0.1) is 0 Å². The second-order valence-electron chi connectivity index (χ2n) is 6.37. The number of para-hydroxylation sites is 1.